The molecule has 2 aromatic rings. The Morgan fingerprint density at radius 3 is 2.74 bits per heavy atom. The van der Waals surface area contributed by atoms with Crippen molar-refractivity contribution in [1.82, 2.24) is 9.80 Å². The summed E-state index contributed by atoms with van der Waals surface area (Å²) in [5, 5.41) is 0. The van der Waals surface area contributed by atoms with Gasteiger partial charge in [-0.15, -0.1) is 23.1 Å². The summed E-state index contributed by atoms with van der Waals surface area (Å²) in [7, 11) is 0. The molecule has 0 aliphatic carbocycles. The van der Waals surface area contributed by atoms with Gasteiger partial charge in [-0.1, -0.05) is 25.1 Å². The fourth-order valence-electron chi connectivity index (χ4n) is 3.23. The lowest BCUT2D eigenvalue weighted by Crippen LogP contribution is -2.48. The molecule has 1 aromatic heterocycles. The maximum atomic E-state index is 12.8. The van der Waals surface area contributed by atoms with Gasteiger partial charge in [0.2, 0.25) is 0 Å². The number of carbonyl (C=O) groups is 1. The zero-order valence-corrected chi connectivity index (χ0v) is 14.9. The first-order chi connectivity index (χ1) is 11.3. The predicted molar refractivity (Wildman–Crippen MR) is 97.3 cm³/mol. The molecule has 1 aromatic carbocycles. The largest absolute Gasteiger partial charge is 0.335 e. The van der Waals surface area contributed by atoms with Crippen molar-refractivity contribution in [3.63, 3.8) is 0 Å². The molecule has 4 rings (SSSR count). The molecular formula is C18H20N2OS2. The summed E-state index contributed by atoms with van der Waals surface area (Å²) in [5.41, 5.74) is 2.60. The minimum Gasteiger partial charge on any atom is -0.335 e. The molecule has 1 saturated heterocycles. The van der Waals surface area contributed by atoms with Crippen molar-refractivity contribution in [3.8, 4) is 10.4 Å². The molecule has 23 heavy (non-hydrogen) atoms. The van der Waals surface area contributed by atoms with Crippen molar-refractivity contribution >= 4 is 29.0 Å². The number of amides is 1. The molecule has 0 N–H and O–H groups in total. The number of hydrogen-bond donors (Lipinski definition) is 0. The van der Waals surface area contributed by atoms with Crippen molar-refractivity contribution in [2.24, 2.45) is 0 Å². The number of piperazine rings is 1. The molecule has 3 nitrogen and oxygen atoms in total. The number of fused-ring (bicyclic) bond motifs is 3. The highest BCUT2D eigenvalue weighted by Crippen LogP contribution is 2.45. The van der Waals surface area contributed by atoms with E-state index in [-0.39, 0.29) is 5.91 Å². The fraction of sp³-hybridized carbons (Fsp3) is 0.389. The average molecular weight is 345 g/mol. The van der Waals surface area contributed by atoms with Gasteiger partial charge in [0, 0.05) is 47.3 Å². The number of thiophene rings is 1. The average Bonchev–Trinajstić information content (AvgIpc) is 3.06. The van der Waals surface area contributed by atoms with E-state index in [1.165, 1.54) is 20.9 Å². The van der Waals surface area contributed by atoms with Crippen LogP contribution in [0.3, 0.4) is 0 Å². The Labute approximate surface area is 145 Å². The van der Waals surface area contributed by atoms with Crippen LogP contribution in [0.15, 0.2) is 35.2 Å². The Kier molecular flexibility index (Phi) is 4.18. The number of thioether (sulfide) groups is 1. The van der Waals surface area contributed by atoms with E-state index in [1.54, 1.807) is 11.3 Å². The highest BCUT2D eigenvalue weighted by atomic mass is 32.2. The zero-order valence-electron chi connectivity index (χ0n) is 13.2. The van der Waals surface area contributed by atoms with Crippen LogP contribution in [0.1, 0.15) is 22.2 Å². The van der Waals surface area contributed by atoms with Crippen molar-refractivity contribution in [2.75, 3.05) is 32.7 Å². The van der Waals surface area contributed by atoms with E-state index in [4.69, 9.17) is 0 Å². The maximum absolute atomic E-state index is 12.8. The standard InChI is InChI=1S/C18H20N2OS2/c1-2-19-7-9-20(10-8-19)18(21)16-11-13-12-22-15-6-4-3-5-14(15)17(13)23-16/h3-6,11H,2,7-10,12H2,1H3. The number of benzene rings is 1. The van der Waals surface area contributed by atoms with Gasteiger partial charge in [0.15, 0.2) is 0 Å². The smallest absolute Gasteiger partial charge is 0.264 e. The minimum atomic E-state index is 0.211. The van der Waals surface area contributed by atoms with Gasteiger partial charge in [0.1, 0.15) is 0 Å². The van der Waals surface area contributed by atoms with Gasteiger partial charge in [-0.2, -0.15) is 0 Å². The van der Waals surface area contributed by atoms with Gasteiger partial charge in [-0.25, -0.2) is 0 Å². The Morgan fingerprint density at radius 2 is 1.96 bits per heavy atom. The number of rotatable bonds is 2. The summed E-state index contributed by atoms with van der Waals surface area (Å²) in [4.78, 5) is 20.8. The van der Waals surface area contributed by atoms with Gasteiger partial charge in [0.25, 0.3) is 5.91 Å². The number of nitrogens with zero attached hydrogens (tertiary/aromatic N) is 2. The molecule has 1 fully saturated rings. The van der Waals surface area contributed by atoms with Crippen LogP contribution in [0.5, 0.6) is 0 Å². The first kappa shape index (κ1) is 15.2. The predicted octanol–water partition coefficient (Wildman–Crippen LogP) is 3.80. The van der Waals surface area contributed by atoms with E-state index in [9.17, 15) is 4.79 Å². The van der Waals surface area contributed by atoms with Crippen LogP contribution in [-0.2, 0) is 5.75 Å². The second kappa shape index (κ2) is 6.30. The van der Waals surface area contributed by atoms with E-state index in [2.05, 4.69) is 42.2 Å². The van der Waals surface area contributed by atoms with Gasteiger partial charge < -0.3 is 9.80 Å². The van der Waals surface area contributed by atoms with Crippen molar-refractivity contribution in [1.29, 1.82) is 0 Å². The summed E-state index contributed by atoms with van der Waals surface area (Å²) in [6.07, 6.45) is 0. The van der Waals surface area contributed by atoms with Gasteiger partial charge in [-0.3, -0.25) is 4.79 Å². The molecule has 0 unspecified atom stereocenters. The third-order valence-electron chi connectivity index (χ3n) is 4.64. The molecule has 5 heteroatoms. The monoisotopic (exact) mass is 344 g/mol. The molecule has 0 radical (unpaired) electrons. The summed E-state index contributed by atoms with van der Waals surface area (Å²) < 4.78 is 0. The molecule has 0 spiro atoms. The number of likely N-dealkylation sites (N-methyl/N-ethyl adjacent to an activating group) is 1. The molecule has 0 saturated carbocycles. The minimum absolute atomic E-state index is 0.211. The van der Waals surface area contributed by atoms with Crippen LogP contribution in [0.25, 0.3) is 10.4 Å². The summed E-state index contributed by atoms with van der Waals surface area (Å²) in [5.74, 6) is 1.18. The zero-order chi connectivity index (χ0) is 15.8. The molecule has 2 aliphatic heterocycles. The van der Waals surface area contributed by atoms with E-state index in [0.717, 1.165) is 43.4 Å². The highest BCUT2D eigenvalue weighted by Gasteiger charge is 2.26. The Balaban J connectivity index is 1.58. The third kappa shape index (κ3) is 2.82. The van der Waals surface area contributed by atoms with Crippen molar-refractivity contribution < 1.29 is 4.79 Å². The quantitative estimate of drug-likeness (QED) is 0.828. The van der Waals surface area contributed by atoms with Crippen LogP contribution in [0.2, 0.25) is 0 Å². The molecule has 3 heterocycles. The van der Waals surface area contributed by atoms with E-state index >= 15 is 0 Å². The lowest BCUT2D eigenvalue weighted by Gasteiger charge is -2.33. The lowest BCUT2D eigenvalue weighted by molar-refractivity contribution is 0.0648. The van der Waals surface area contributed by atoms with Crippen molar-refractivity contribution in [2.45, 2.75) is 17.6 Å². The summed E-state index contributed by atoms with van der Waals surface area (Å²) in [6.45, 7) is 6.93. The first-order valence-electron chi connectivity index (χ1n) is 8.13. The van der Waals surface area contributed by atoms with E-state index in [1.807, 2.05) is 16.7 Å². The SMILES string of the molecule is CCN1CCN(C(=O)c2cc3c(s2)-c2ccccc2SC3)CC1. The first-order valence-corrected chi connectivity index (χ1v) is 9.93. The van der Waals surface area contributed by atoms with Crippen LogP contribution >= 0.6 is 23.1 Å². The number of carbonyl (C=O) groups excluding carboxylic acids is 1. The molecule has 2 aliphatic rings. The Hall–Kier alpha value is -1.30. The van der Waals surface area contributed by atoms with Crippen molar-refractivity contribution in [3.05, 3.63) is 40.8 Å². The second-order valence-corrected chi connectivity index (χ2v) is 8.05. The maximum Gasteiger partial charge on any atom is 0.264 e. The van der Waals surface area contributed by atoms with Gasteiger partial charge in [-0.05, 0) is 24.2 Å². The van der Waals surface area contributed by atoms with E-state index < -0.39 is 0 Å². The number of hydrogen-bond acceptors (Lipinski definition) is 4. The third-order valence-corrected chi connectivity index (χ3v) is 6.96. The van der Waals surface area contributed by atoms with Crippen LogP contribution in [0, 0.1) is 0 Å². The fourth-order valence-corrected chi connectivity index (χ4v) is 5.61. The summed E-state index contributed by atoms with van der Waals surface area (Å²) in [6, 6.07) is 10.6. The lowest BCUT2D eigenvalue weighted by atomic mass is 10.1. The second-order valence-electron chi connectivity index (χ2n) is 5.98. The molecule has 1 amide bonds. The molecule has 0 bridgehead atoms. The molecule has 0 atom stereocenters. The van der Waals surface area contributed by atoms with Gasteiger partial charge in [0.05, 0.1) is 4.88 Å². The Bertz CT molecular complexity index is 732. The van der Waals surface area contributed by atoms with Crippen LogP contribution in [0.4, 0.5) is 0 Å². The van der Waals surface area contributed by atoms with Crippen LogP contribution < -0.4 is 0 Å². The van der Waals surface area contributed by atoms with Crippen LogP contribution in [-0.4, -0.2) is 48.4 Å². The molecule has 120 valence electrons. The molecular weight excluding hydrogens is 324 g/mol. The van der Waals surface area contributed by atoms with E-state index in [0.29, 0.717) is 0 Å². The normalized spacial score (nSPS) is 17.7. The topological polar surface area (TPSA) is 23.6 Å². The van der Waals surface area contributed by atoms with Gasteiger partial charge >= 0.3 is 0 Å². The summed E-state index contributed by atoms with van der Waals surface area (Å²) >= 11 is 3.54. The highest BCUT2D eigenvalue weighted by molar-refractivity contribution is 7.98. The Morgan fingerprint density at radius 1 is 1.17 bits per heavy atom.